The number of carboxylic acid groups (broad SMARTS) is 1. The van der Waals surface area contributed by atoms with Crippen LogP contribution in [0.4, 0.5) is 0 Å². The Morgan fingerprint density at radius 3 is 2.23 bits per heavy atom. The molecule has 0 aliphatic carbocycles. The van der Waals surface area contributed by atoms with E-state index in [-0.39, 0.29) is 5.56 Å². The number of aliphatic carboxylic acids is 1. The van der Waals surface area contributed by atoms with E-state index in [4.69, 9.17) is 10.2 Å². The van der Waals surface area contributed by atoms with Crippen molar-refractivity contribution in [2.45, 2.75) is 5.60 Å². The quantitative estimate of drug-likeness (QED) is 0.612. The van der Waals surface area contributed by atoms with Crippen molar-refractivity contribution in [2.24, 2.45) is 0 Å². The third-order valence-electron chi connectivity index (χ3n) is 1.83. The van der Waals surface area contributed by atoms with Crippen LogP contribution >= 0.6 is 0 Å². The molecule has 4 heteroatoms. The molecule has 13 heavy (non-hydrogen) atoms. The van der Waals surface area contributed by atoms with E-state index in [1.807, 2.05) is 0 Å². The normalized spacial score (nSPS) is 14.9. The first-order valence-electron chi connectivity index (χ1n) is 3.73. The lowest BCUT2D eigenvalue weighted by atomic mass is 9.95. The molecule has 0 heterocycles. The molecule has 0 aromatic heterocycles. The summed E-state index contributed by atoms with van der Waals surface area (Å²) in [5.74, 6) is -1.46. The zero-order chi connectivity index (χ0) is 9.90. The van der Waals surface area contributed by atoms with Gasteiger partial charge in [0.05, 0.1) is 6.61 Å². The molecule has 1 aromatic rings. The lowest BCUT2D eigenvalue weighted by Crippen LogP contribution is -2.39. The molecule has 1 atom stereocenters. The Kier molecular flexibility index (Phi) is 2.65. The summed E-state index contributed by atoms with van der Waals surface area (Å²) in [5, 5.41) is 27.0. The summed E-state index contributed by atoms with van der Waals surface area (Å²) in [6.45, 7) is -0.841. The summed E-state index contributed by atoms with van der Waals surface area (Å²) in [5.41, 5.74) is -2.02. The molecule has 0 radical (unpaired) electrons. The van der Waals surface area contributed by atoms with E-state index in [1.54, 1.807) is 18.2 Å². The van der Waals surface area contributed by atoms with E-state index in [9.17, 15) is 9.90 Å². The van der Waals surface area contributed by atoms with Crippen molar-refractivity contribution >= 4 is 5.97 Å². The van der Waals surface area contributed by atoms with Gasteiger partial charge in [-0.25, -0.2) is 4.79 Å². The highest BCUT2D eigenvalue weighted by Crippen LogP contribution is 2.20. The number of carboxylic acids is 1. The Hall–Kier alpha value is -1.39. The van der Waals surface area contributed by atoms with Crippen molar-refractivity contribution in [1.29, 1.82) is 0 Å². The average molecular weight is 182 g/mol. The Labute approximate surface area is 75.1 Å². The van der Waals surface area contributed by atoms with Crippen LogP contribution in [0.1, 0.15) is 5.56 Å². The Bertz CT molecular complexity index is 296. The summed E-state index contributed by atoms with van der Waals surface area (Å²) < 4.78 is 0. The molecule has 0 unspecified atom stereocenters. The first-order chi connectivity index (χ1) is 6.11. The predicted octanol–water partition coefficient (Wildman–Crippen LogP) is -0.0489. The lowest BCUT2D eigenvalue weighted by molar-refractivity contribution is -0.164. The van der Waals surface area contributed by atoms with Crippen LogP contribution in [0.5, 0.6) is 0 Å². The highest BCUT2D eigenvalue weighted by atomic mass is 16.4. The van der Waals surface area contributed by atoms with Gasteiger partial charge in [0.1, 0.15) is 0 Å². The van der Waals surface area contributed by atoms with E-state index in [0.29, 0.717) is 0 Å². The van der Waals surface area contributed by atoms with Crippen molar-refractivity contribution in [3.8, 4) is 0 Å². The van der Waals surface area contributed by atoms with Gasteiger partial charge in [0.15, 0.2) is 0 Å². The van der Waals surface area contributed by atoms with Crippen LogP contribution in [0.3, 0.4) is 0 Å². The second-order valence-corrected chi connectivity index (χ2v) is 2.69. The van der Waals surface area contributed by atoms with E-state index >= 15 is 0 Å². The van der Waals surface area contributed by atoms with Gasteiger partial charge in [-0.05, 0) is 5.56 Å². The van der Waals surface area contributed by atoms with E-state index in [0.717, 1.165) is 0 Å². The molecule has 3 N–H and O–H groups in total. The molecule has 0 spiro atoms. The highest BCUT2D eigenvalue weighted by molar-refractivity contribution is 5.79. The summed E-state index contributed by atoms with van der Waals surface area (Å²) in [6, 6.07) is 7.79. The number of aliphatic hydroxyl groups is 2. The van der Waals surface area contributed by atoms with Gasteiger partial charge in [0.25, 0.3) is 0 Å². The standard InChI is InChI=1S/C9H10O4/c10-6-9(13,8(11)12)7-4-2-1-3-5-7/h1-5,10,13H,6H2,(H,11,12)/t9-/m0/s1. The number of carbonyl (C=O) groups is 1. The van der Waals surface area contributed by atoms with Gasteiger partial charge in [-0.1, -0.05) is 30.3 Å². The average Bonchev–Trinajstić information content (AvgIpc) is 2.17. The second-order valence-electron chi connectivity index (χ2n) is 2.69. The van der Waals surface area contributed by atoms with Gasteiger partial charge in [0, 0.05) is 0 Å². The monoisotopic (exact) mass is 182 g/mol. The highest BCUT2D eigenvalue weighted by Gasteiger charge is 2.37. The zero-order valence-electron chi connectivity index (χ0n) is 6.84. The van der Waals surface area contributed by atoms with Crippen molar-refractivity contribution in [1.82, 2.24) is 0 Å². The molecule has 0 bridgehead atoms. The summed E-state index contributed by atoms with van der Waals surface area (Å²) in [6.07, 6.45) is 0. The minimum atomic E-state index is -2.19. The van der Waals surface area contributed by atoms with Crippen LogP contribution in [0.25, 0.3) is 0 Å². The van der Waals surface area contributed by atoms with Gasteiger partial charge >= 0.3 is 5.97 Å². The fourth-order valence-electron chi connectivity index (χ4n) is 0.996. The molecule has 0 saturated heterocycles. The van der Waals surface area contributed by atoms with Crippen LogP contribution in [0.15, 0.2) is 30.3 Å². The molecule has 70 valence electrons. The van der Waals surface area contributed by atoms with Crippen molar-refractivity contribution < 1.29 is 20.1 Å². The van der Waals surface area contributed by atoms with Gasteiger partial charge in [0.2, 0.25) is 5.60 Å². The summed E-state index contributed by atoms with van der Waals surface area (Å²) in [7, 11) is 0. The third-order valence-corrected chi connectivity index (χ3v) is 1.83. The van der Waals surface area contributed by atoms with Crippen LogP contribution in [-0.4, -0.2) is 27.9 Å². The molecule has 0 saturated carbocycles. The fourth-order valence-corrected chi connectivity index (χ4v) is 0.996. The Morgan fingerprint density at radius 1 is 1.31 bits per heavy atom. The second kappa shape index (κ2) is 3.55. The zero-order valence-corrected chi connectivity index (χ0v) is 6.84. The molecule has 1 aromatic carbocycles. The summed E-state index contributed by atoms with van der Waals surface area (Å²) >= 11 is 0. The Balaban J connectivity index is 3.11. The van der Waals surface area contributed by atoms with E-state index < -0.39 is 18.2 Å². The topological polar surface area (TPSA) is 77.8 Å². The number of hydrogen-bond donors (Lipinski definition) is 3. The molecular weight excluding hydrogens is 172 g/mol. The SMILES string of the molecule is O=C(O)[C@](O)(CO)c1ccccc1. The minimum Gasteiger partial charge on any atom is -0.479 e. The first kappa shape index (κ1) is 9.70. The fraction of sp³-hybridized carbons (Fsp3) is 0.222. The molecule has 0 aliphatic heterocycles. The van der Waals surface area contributed by atoms with Crippen LogP contribution in [0.2, 0.25) is 0 Å². The van der Waals surface area contributed by atoms with E-state index in [1.165, 1.54) is 12.1 Å². The van der Waals surface area contributed by atoms with Gasteiger partial charge in [-0.3, -0.25) is 0 Å². The number of hydrogen-bond acceptors (Lipinski definition) is 3. The molecule has 0 amide bonds. The molecule has 4 nitrogen and oxygen atoms in total. The van der Waals surface area contributed by atoms with Gasteiger partial charge in [-0.2, -0.15) is 0 Å². The molecule has 0 fully saturated rings. The van der Waals surface area contributed by atoms with Crippen LogP contribution in [0, 0.1) is 0 Å². The first-order valence-corrected chi connectivity index (χ1v) is 3.73. The molecule has 0 aliphatic rings. The van der Waals surface area contributed by atoms with Crippen molar-refractivity contribution in [3.05, 3.63) is 35.9 Å². The number of rotatable bonds is 3. The smallest absolute Gasteiger partial charge is 0.342 e. The molecular formula is C9H10O4. The molecule has 1 rings (SSSR count). The van der Waals surface area contributed by atoms with Crippen LogP contribution in [-0.2, 0) is 10.4 Å². The van der Waals surface area contributed by atoms with Crippen LogP contribution < -0.4 is 0 Å². The Morgan fingerprint density at radius 2 is 1.85 bits per heavy atom. The largest absolute Gasteiger partial charge is 0.479 e. The van der Waals surface area contributed by atoms with Gasteiger partial charge < -0.3 is 15.3 Å². The number of aliphatic hydroxyl groups excluding tert-OH is 1. The lowest BCUT2D eigenvalue weighted by Gasteiger charge is -2.20. The predicted molar refractivity (Wildman–Crippen MR) is 45.1 cm³/mol. The third kappa shape index (κ3) is 1.68. The maximum atomic E-state index is 10.6. The number of benzene rings is 1. The maximum absolute atomic E-state index is 10.6. The maximum Gasteiger partial charge on any atom is 0.342 e. The van der Waals surface area contributed by atoms with Gasteiger partial charge in [-0.15, -0.1) is 0 Å². The van der Waals surface area contributed by atoms with Crippen molar-refractivity contribution in [3.63, 3.8) is 0 Å². The van der Waals surface area contributed by atoms with E-state index in [2.05, 4.69) is 0 Å². The van der Waals surface area contributed by atoms with Crippen molar-refractivity contribution in [2.75, 3.05) is 6.61 Å². The summed E-state index contributed by atoms with van der Waals surface area (Å²) in [4.78, 5) is 10.6. The minimum absolute atomic E-state index is 0.171.